The molecule has 1 aromatic heterocycles. The van der Waals surface area contributed by atoms with Crippen LogP contribution in [0.2, 0.25) is 0 Å². The number of hydrogen-bond acceptors (Lipinski definition) is 5. The standard InChI is InChI=1S/C18H19NO3S/c1-11-17(16(22)8-12-4-2-3-5-12)23-18(19-11)13-6-7-15(21)14(9-13)10-20/h6-7,9-10,12,21H,2-5,8H2,1H3. The molecule has 0 radical (unpaired) electrons. The van der Waals surface area contributed by atoms with E-state index in [1.165, 1.54) is 30.2 Å². The minimum Gasteiger partial charge on any atom is -0.507 e. The van der Waals surface area contributed by atoms with E-state index >= 15 is 0 Å². The number of hydrogen-bond donors (Lipinski definition) is 1. The molecular formula is C18H19NO3S. The highest BCUT2D eigenvalue weighted by molar-refractivity contribution is 7.17. The minimum absolute atomic E-state index is 0.0467. The van der Waals surface area contributed by atoms with Crippen LogP contribution >= 0.6 is 11.3 Å². The maximum absolute atomic E-state index is 12.5. The maximum Gasteiger partial charge on any atom is 0.174 e. The predicted octanol–water partition coefficient (Wildman–Crippen LogP) is 4.40. The van der Waals surface area contributed by atoms with Gasteiger partial charge in [-0.3, -0.25) is 9.59 Å². The second-order valence-electron chi connectivity index (χ2n) is 6.10. The van der Waals surface area contributed by atoms with Gasteiger partial charge in [0.1, 0.15) is 10.8 Å². The van der Waals surface area contributed by atoms with Crippen LogP contribution in [0.3, 0.4) is 0 Å². The van der Waals surface area contributed by atoms with Crippen molar-refractivity contribution in [2.24, 2.45) is 5.92 Å². The number of nitrogens with zero attached hydrogens (tertiary/aromatic N) is 1. The van der Waals surface area contributed by atoms with Crippen LogP contribution in [0.5, 0.6) is 5.75 Å². The molecule has 1 aliphatic carbocycles. The number of thiazole rings is 1. The van der Waals surface area contributed by atoms with E-state index in [2.05, 4.69) is 4.98 Å². The molecule has 120 valence electrons. The lowest BCUT2D eigenvalue weighted by Crippen LogP contribution is -2.05. The zero-order valence-corrected chi connectivity index (χ0v) is 13.9. The Balaban J connectivity index is 1.85. The molecule has 0 aliphatic heterocycles. The highest BCUT2D eigenvalue weighted by Gasteiger charge is 2.22. The van der Waals surface area contributed by atoms with Crippen molar-refractivity contribution in [2.45, 2.75) is 39.0 Å². The molecule has 5 heteroatoms. The molecule has 0 bridgehead atoms. The third-order valence-electron chi connectivity index (χ3n) is 4.40. The van der Waals surface area contributed by atoms with Crippen LogP contribution in [0.15, 0.2) is 18.2 Å². The number of rotatable bonds is 5. The second-order valence-corrected chi connectivity index (χ2v) is 7.10. The van der Waals surface area contributed by atoms with Crippen molar-refractivity contribution in [3.05, 3.63) is 34.3 Å². The highest BCUT2D eigenvalue weighted by atomic mass is 32.1. The molecule has 1 fully saturated rings. The van der Waals surface area contributed by atoms with Gasteiger partial charge in [-0.1, -0.05) is 25.7 Å². The third kappa shape index (κ3) is 3.34. The summed E-state index contributed by atoms with van der Waals surface area (Å²) in [6.45, 7) is 1.85. The fourth-order valence-electron chi connectivity index (χ4n) is 3.13. The molecule has 0 amide bonds. The average Bonchev–Trinajstić information content (AvgIpc) is 3.17. The Morgan fingerprint density at radius 1 is 1.39 bits per heavy atom. The van der Waals surface area contributed by atoms with Gasteiger partial charge in [-0.2, -0.15) is 0 Å². The number of carbonyl (C=O) groups is 2. The van der Waals surface area contributed by atoms with Crippen LogP contribution < -0.4 is 0 Å². The first-order chi connectivity index (χ1) is 11.1. The molecule has 23 heavy (non-hydrogen) atoms. The minimum atomic E-state index is -0.0467. The number of phenols is 1. The lowest BCUT2D eigenvalue weighted by molar-refractivity contribution is 0.0965. The van der Waals surface area contributed by atoms with Gasteiger partial charge in [-0.15, -0.1) is 11.3 Å². The SMILES string of the molecule is Cc1nc(-c2ccc(O)c(C=O)c2)sc1C(=O)CC1CCCC1. The Hall–Kier alpha value is -2.01. The number of aryl methyl sites for hydroxylation is 1. The summed E-state index contributed by atoms with van der Waals surface area (Å²) < 4.78 is 0. The van der Waals surface area contributed by atoms with Crippen molar-refractivity contribution in [2.75, 3.05) is 0 Å². The number of carbonyl (C=O) groups excluding carboxylic acids is 2. The molecule has 1 heterocycles. The average molecular weight is 329 g/mol. The Morgan fingerprint density at radius 2 is 2.13 bits per heavy atom. The Kier molecular flexibility index (Phi) is 4.57. The van der Waals surface area contributed by atoms with Gasteiger partial charge in [0, 0.05) is 12.0 Å². The predicted molar refractivity (Wildman–Crippen MR) is 90.2 cm³/mol. The van der Waals surface area contributed by atoms with E-state index in [1.807, 2.05) is 6.92 Å². The lowest BCUT2D eigenvalue weighted by Gasteiger charge is -2.06. The van der Waals surface area contributed by atoms with E-state index in [9.17, 15) is 14.7 Å². The molecule has 0 atom stereocenters. The normalized spacial score (nSPS) is 15.0. The Morgan fingerprint density at radius 3 is 2.83 bits per heavy atom. The van der Waals surface area contributed by atoms with Crippen LogP contribution in [0.1, 0.15) is 57.8 Å². The monoisotopic (exact) mass is 329 g/mol. The number of Topliss-reactive ketones (excluding diaryl/α,β-unsaturated/α-hetero) is 1. The molecule has 0 unspecified atom stereocenters. The van der Waals surface area contributed by atoms with Crippen LogP contribution in [-0.4, -0.2) is 22.2 Å². The van der Waals surface area contributed by atoms with Crippen LogP contribution in [0, 0.1) is 12.8 Å². The molecule has 3 rings (SSSR count). The third-order valence-corrected chi connectivity index (χ3v) is 5.65. The number of aromatic nitrogens is 1. The second kappa shape index (κ2) is 6.62. The first kappa shape index (κ1) is 15.9. The quantitative estimate of drug-likeness (QED) is 0.652. The summed E-state index contributed by atoms with van der Waals surface area (Å²) in [6, 6.07) is 4.80. The van der Waals surface area contributed by atoms with Gasteiger partial charge in [0.2, 0.25) is 0 Å². The van der Waals surface area contributed by atoms with Crippen LogP contribution in [-0.2, 0) is 0 Å². The van der Waals surface area contributed by atoms with Gasteiger partial charge in [-0.05, 0) is 31.0 Å². The van der Waals surface area contributed by atoms with Gasteiger partial charge < -0.3 is 5.11 Å². The van der Waals surface area contributed by atoms with Gasteiger partial charge in [0.15, 0.2) is 12.1 Å². The fraction of sp³-hybridized carbons (Fsp3) is 0.389. The number of aromatic hydroxyl groups is 1. The van der Waals surface area contributed by atoms with E-state index < -0.39 is 0 Å². The van der Waals surface area contributed by atoms with E-state index in [-0.39, 0.29) is 17.1 Å². The van der Waals surface area contributed by atoms with Gasteiger partial charge in [0.05, 0.1) is 16.1 Å². The first-order valence-corrected chi connectivity index (χ1v) is 8.69. The maximum atomic E-state index is 12.5. The zero-order valence-electron chi connectivity index (χ0n) is 13.0. The Bertz CT molecular complexity index is 745. The highest BCUT2D eigenvalue weighted by Crippen LogP contribution is 2.34. The summed E-state index contributed by atoms with van der Waals surface area (Å²) in [4.78, 5) is 28.7. The smallest absolute Gasteiger partial charge is 0.174 e. The largest absolute Gasteiger partial charge is 0.507 e. The molecule has 1 aliphatic rings. The lowest BCUT2D eigenvalue weighted by atomic mass is 10.00. The number of ketones is 1. The van der Waals surface area contributed by atoms with Crippen LogP contribution in [0.4, 0.5) is 0 Å². The van der Waals surface area contributed by atoms with Crippen molar-refractivity contribution < 1.29 is 14.7 Å². The summed E-state index contributed by atoms with van der Waals surface area (Å²) in [5.41, 5.74) is 1.72. The van der Waals surface area contributed by atoms with E-state index in [1.54, 1.807) is 12.1 Å². The molecule has 4 nitrogen and oxygen atoms in total. The topological polar surface area (TPSA) is 67.3 Å². The van der Waals surface area contributed by atoms with Gasteiger partial charge in [0.25, 0.3) is 0 Å². The Labute approximate surface area is 139 Å². The fourth-order valence-corrected chi connectivity index (χ4v) is 4.14. The van der Waals surface area contributed by atoms with Gasteiger partial charge in [-0.25, -0.2) is 4.98 Å². The summed E-state index contributed by atoms with van der Waals surface area (Å²) in [7, 11) is 0. The van der Waals surface area contributed by atoms with E-state index in [0.717, 1.165) is 24.1 Å². The molecule has 1 N–H and O–H groups in total. The number of aldehydes is 1. The zero-order chi connectivity index (χ0) is 16.4. The number of benzene rings is 1. The van der Waals surface area contributed by atoms with E-state index in [0.29, 0.717) is 28.5 Å². The van der Waals surface area contributed by atoms with Crippen molar-refractivity contribution in [3.8, 4) is 16.3 Å². The molecule has 2 aromatic rings. The number of phenolic OH excluding ortho intramolecular Hbond substituents is 1. The van der Waals surface area contributed by atoms with Crippen molar-refractivity contribution in [1.29, 1.82) is 0 Å². The van der Waals surface area contributed by atoms with Crippen LogP contribution in [0.25, 0.3) is 10.6 Å². The summed E-state index contributed by atoms with van der Waals surface area (Å²) in [6.07, 6.45) is 5.98. The molecule has 0 saturated heterocycles. The first-order valence-electron chi connectivity index (χ1n) is 7.87. The summed E-state index contributed by atoms with van der Waals surface area (Å²) in [5, 5.41) is 10.3. The summed E-state index contributed by atoms with van der Waals surface area (Å²) in [5.74, 6) is 0.643. The summed E-state index contributed by atoms with van der Waals surface area (Å²) >= 11 is 1.37. The van der Waals surface area contributed by atoms with Gasteiger partial charge >= 0.3 is 0 Å². The van der Waals surface area contributed by atoms with Crippen molar-refractivity contribution >= 4 is 23.4 Å². The van der Waals surface area contributed by atoms with E-state index in [4.69, 9.17) is 0 Å². The molecule has 1 saturated carbocycles. The molecule has 0 spiro atoms. The van der Waals surface area contributed by atoms with Crippen molar-refractivity contribution in [3.63, 3.8) is 0 Å². The van der Waals surface area contributed by atoms with Crippen molar-refractivity contribution in [1.82, 2.24) is 4.98 Å². The molecular weight excluding hydrogens is 310 g/mol. The molecule has 1 aromatic carbocycles.